The molecule has 0 aliphatic carbocycles. The number of hydrogen-bond acceptors (Lipinski definition) is 0. The van der Waals surface area contributed by atoms with Gasteiger partial charge in [-0.2, -0.15) is 0 Å². The smallest absolute Gasteiger partial charge is 0.0199 e. The van der Waals surface area contributed by atoms with Gasteiger partial charge in [0, 0.05) is 0 Å². The number of allylic oxidation sites excluding steroid dienone is 5. The maximum Gasteiger partial charge on any atom is -0.0199 e. The van der Waals surface area contributed by atoms with Crippen molar-refractivity contribution in [3.8, 4) is 0 Å². The SMILES string of the molecule is C=CC(C/C=C/C)CC/C=C\CC. The second-order valence-electron chi connectivity index (χ2n) is 3.26. The zero-order valence-electron chi connectivity index (χ0n) is 9.00. The summed E-state index contributed by atoms with van der Waals surface area (Å²) in [6.45, 7) is 8.09. The Morgan fingerprint density at radius 3 is 2.54 bits per heavy atom. The van der Waals surface area contributed by atoms with Crippen LogP contribution < -0.4 is 0 Å². The largest absolute Gasteiger partial charge is 0.103 e. The molecule has 0 bridgehead atoms. The Hall–Kier alpha value is -0.780. The van der Waals surface area contributed by atoms with Crippen molar-refractivity contribution in [2.45, 2.75) is 39.5 Å². The van der Waals surface area contributed by atoms with Gasteiger partial charge in [0.05, 0.1) is 0 Å². The van der Waals surface area contributed by atoms with E-state index in [1.165, 1.54) is 12.8 Å². The first kappa shape index (κ1) is 12.2. The highest BCUT2D eigenvalue weighted by Gasteiger charge is 1.98. The molecule has 0 aliphatic rings. The van der Waals surface area contributed by atoms with Gasteiger partial charge in [-0.05, 0) is 38.5 Å². The molecule has 0 spiro atoms. The fraction of sp³-hybridized carbons (Fsp3) is 0.538. The first-order valence-corrected chi connectivity index (χ1v) is 5.23. The van der Waals surface area contributed by atoms with Crippen molar-refractivity contribution in [2.75, 3.05) is 0 Å². The fourth-order valence-corrected chi connectivity index (χ4v) is 1.24. The van der Waals surface area contributed by atoms with Crippen LogP contribution in [0.5, 0.6) is 0 Å². The Bertz CT molecular complexity index is 163. The predicted octanol–water partition coefficient (Wildman–Crippen LogP) is 4.50. The van der Waals surface area contributed by atoms with Crippen molar-refractivity contribution in [2.24, 2.45) is 5.92 Å². The minimum Gasteiger partial charge on any atom is -0.103 e. The lowest BCUT2D eigenvalue weighted by molar-refractivity contribution is 0.607. The lowest BCUT2D eigenvalue weighted by Gasteiger charge is -2.06. The van der Waals surface area contributed by atoms with Gasteiger partial charge in [-0.3, -0.25) is 0 Å². The average Bonchev–Trinajstić information content (AvgIpc) is 2.17. The van der Waals surface area contributed by atoms with E-state index in [4.69, 9.17) is 0 Å². The molecule has 0 fully saturated rings. The highest BCUT2D eigenvalue weighted by atomic mass is 14.0. The van der Waals surface area contributed by atoms with Gasteiger partial charge in [-0.1, -0.05) is 37.3 Å². The van der Waals surface area contributed by atoms with E-state index in [1.54, 1.807) is 0 Å². The number of rotatable bonds is 7. The van der Waals surface area contributed by atoms with Crippen molar-refractivity contribution < 1.29 is 0 Å². The molecule has 0 amide bonds. The molecule has 0 N–H and O–H groups in total. The summed E-state index contributed by atoms with van der Waals surface area (Å²) < 4.78 is 0. The lowest BCUT2D eigenvalue weighted by Crippen LogP contribution is -1.92. The molecule has 0 radical (unpaired) electrons. The minimum absolute atomic E-state index is 0.651. The van der Waals surface area contributed by atoms with Gasteiger partial charge >= 0.3 is 0 Å². The topological polar surface area (TPSA) is 0 Å². The molecule has 0 aromatic carbocycles. The highest BCUT2D eigenvalue weighted by Crippen LogP contribution is 2.13. The van der Waals surface area contributed by atoms with Gasteiger partial charge in [0.25, 0.3) is 0 Å². The van der Waals surface area contributed by atoms with E-state index in [9.17, 15) is 0 Å². The Balaban J connectivity index is 3.59. The minimum atomic E-state index is 0.651. The molecule has 0 saturated carbocycles. The van der Waals surface area contributed by atoms with Crippen molar-refractivity contribution >= 4 is 0 Å². The van der Waals surface area contributed by atoms with Crippen molar-refractivity contribution in [3.63, 3.8) is 0 Å². The summed E-state index contributed by atoms with van der Waals surface area (Å²) in [4.78, 5) is 0. The van der Waals surface area contributed by atoms with Gasteiger partial charge in [0.1, 0.15) is 0 Å². The second kappa shape index (κ2) is 9.31. The molecule has 0 heterocycles. The maximum absolute atomic E-state index is 3.85. The molecule has 0 rings (SSSR count). The highest BCUT2D eigenvalue weighted by molar-refractivity contribution is 4.90. The van der Waals surface area contributed by atoms with E-state index < -0.39 is 0 Å². The third-order valence-electron chi connectivity index (χ3n) is 2.11. The van der Waals surface area contributed by atoms with Gasteiger partial charge < -0.3 is 0 Å². The van der Waals surface area contributed by atoms with Crippen LogP contribution in [0, 0.1) is 5.92 Å². The Kier molecular flexibility index (Phi) is 8.75. The van der Waals surface area contributed by atoms with Crippen molar-refractivity contribution in [1.29, 1.82) is 0 Å². The maximum atomic E-state index is 3.85. The summed E-state index contributed by atoms with van der Waals surface area (Å²) in [5.41, 5.74) is 0. The van der Waals surface area contributed by atoms with Gasteiger partial charge in [-0.15, -0.1) is 6.58 Å². The van der Waals surface area contributed by atoms with Crippen LogP contribution in [0.25, 0.3) is 0 Å². The van der Waals surface area contributed by atoms with E-state index in [0.717, 1.165) is 12.8 Å². The van der Waals surface area contributed by atoms with Gasteiger partial charge in [0.2, 0.25) is 0 Å². The van der Waals surface area contributed by atoms with Crippen LogP contribution in [0.1, 0.15) is 39.5 Å². The van der Waals surface area contributed by atoms with E-state index in [0.29, 0.717) is 5.92 Å². The molecule has 0 aliphatic heterocycles. The molecule has 0 saturated heterocycles. The van der Waals surface area contributed by atoms with Crippen LogP contribution in [0.3, 0.4) is 0 Å². The summed E-state index contributed by atoms with van der Waals surface area (Å²) in [6, 6.07) is 0. The van der Waals surface area contributed by atoms with Crippen LogP contribution >= 0.6 is 0 Å². The quantitative estimate of drug-likeness (QED) is 0.503. The summed E-state index contributed by atoms with van der Waals surface area (Å²) in [5, 5.41) is 0. The van der Waals surface area contributed by atoms with Crippen molar-refractivity contribution in [1.82, 2.24) is 0 Å². The lowest BCUT2D eigenvalue weighted by atomic mass is 9.99. The first-order valence-electron chi connectivity index (χ1n) is 5.23. The summed E-state index contributed by atoms with van der Waals surface area (Å²) in [7, 11) is 0. The van der Waals surface area contributed by atoms with Crippen molar-refractivity contribution in [3.05, 3.63) is 37.0 Å². The van der Waals surface area contributed by atoms with E-state index in [1.807, 2.05) is 0 Å². The van der Waals surface area contributed by atoms with Crippen LogP contribution in [-0.2, 0) is 0 Å². The summed E-state index contributed by atoms with van der Waals surface area (Å²) >= 11 is 0. The molecule has 1 unspecified atom stereocenters. The fourth-order valence-electron chi connectivity index (χ4n) is 1.24. The van der Waals surface area contributed by atoms with E-state index in [2.05, 4.69) is 50.8 Å². The third kappa shape index (κ3) is 7.58. The van der Waals surface area contributed by atoms with Gasteiger partial charge in [0.15, 0.2) is 0 Å². The first-order chi connectivity index (χ1) is 6.35. The molecule has 0 aromatic heterocycles. The van der Waals surface area contributed by atoms with Crippen LogP contribution in [-0.4, -0.2) is 0 Å². The van der Waals surface area contributed by atoms with E-state index in [-0.39, 0.29) is 0 Å². The summed E-state index contributed by atoms with van der Waals surface area (Å²) in [5.74, 6) is 0.651. The molecule has 0 nitrogen and oxygen atoms in total. The zero-order valence-corrected chi connectivity index (χ0v) is 9.00. The van der Waals surface area contributed by atoms with Crippen LogP contribution in [0.2, 0.25) is 0 Å². The molecule has 74 valence electrons. The zero-order chi connectivity index (χ0) is 9.94. The van der Waals surface area contributed by atoms with Crippen LogP contribution in [0.15, 0.2) is 37.0 Å². The monoisotopic (exact) mass is 178 g/mol. The molecular formula is C13H22. The summed E-state index contributed by atoms with van der Waals surface area (Å²) in [6.07, 6.45) is 15.6. The second-order valence-corrected chi connectivity index (χ2v) is 3.26. The van der Waals surface area contributed by atoms with E-state index >= 15 is 0 Å². The molecule has 1 atom stereocenters. The molecule has 0 aromatic rings. The standard InChI is InChI=1S/C13H22/c1-4-7-9-10-12-13(6-3)11-8-5-2/h5-9,13H,3-4,10-12H2,1-2H3/b8-5+,9-7-. The Labute approximate surface area is 83.0 Å². The predicted molar refractivity (Wildman–Crippen MR) is 61.8 cm³/mol. The van der Waals surface area contributed by atoms with Crippen LogP contribution in [0.4, 0.5) is 0 Å². The molecule has 0 heteroatoms. The Morgan fingerprint density at radius 2 is 2.00 bits per heavy atom. The number of hydrogen-bond donors (Lipinski definition) is 0. The average molecular weight is 178 g/mol. The van der Waals surface area contributed by atoms with Gasteiger partial charge in [-0.25, -0.2) is 0 Å². The molecular weight excluding hydrogens is 156 g/mol. The molecule has 13 heavy (non-hydrogen) atoms. The third-order valence-corrected chi connectivity index (χ3v) is 2.11. The normalized spacial score (nSPS) is 14.0. The Morgan fingerprint density at radius 1 is 1.23 bits per heavy atom.